The van der Waals surface area contributed by atoms with Gasteiger partial charge in [-0.15, -0.1) is 0 Å². The van der Waals surface area contributed by atoms with E-state index in [1.54, 1.807) is 13.0 Å². The molecular formula is C10H11N3O4S. The lowest BCUT2D eigenvalue weighted by Gasteiger charge is -2.10. The van der Waals surface area contributed by atoms with Gasteiger partial charge in [-0.25, -0.2) is 8.42 Å². The third kappa shape index (κ3) is 3.03. The fourth-order valence-electron chi connectivity index (χ4n) is 1.29. The Morgan fingerprint density at radius 2 is 2.11 bits per heavy atom. The number of rotatable bonds is 5. The van der Waals surface area contributed by atoms with Gasteiger partial charge in [-0.05, 0) is 12.5 Å². The Kier molecular flexibility index (Phi) is 4.36. The van der Waals surface area contributed by atoms with Crippen LogP contribution in [0, 0.1) is 21.4 Å². The van der Waals surface area contributed by atoms with E-state index in [9.17, 15) is 18.5 Å². The van der Waals surface area contributed by atoms with Gasteiger partial charge in [0.15, 0.2) is 4.90 Å². The highest BCUT2D eigenvalue weighted by Crippen LogP contribution is 2.22. The lowest BCUT2D eigenvalue weighted by molar-refractivity contribution is -0.387. The first-order valence-corrected chi connectivity index (χ1v) is 6.56. The van der Waals surface area contributed by atoms with Gasteiger partial charge in [0.2, 0.25) is 10.0 Å². The Balaban J connectivity index is 3.22. The molecule has 0 heterocycles. The summed E-state index contributed by atoms with van der Waals surface area (Å²) in [7, 11) is -4.07. The normalized spacial score (nSPS) is 12.7. The van der Waals surface area contributed by atoms with Gasteiger partial charge in [-0.1, -0.05) is 19.1 Å². The molecular weight excluding hydrogens is 258 g/mol. The average Bonchev–Trinajstić information content (AvgIpc) is 2.36. The first-order chi connectivity index (χ1) is 8.42. The van der Waals surface area contributed by atoms with Crippen LogP contribution in [0.3, 0.4) is 0 Å². The number of nitriles is 1. The summed E-state index contributed by atoms with van der Waals surface area (Å²) < 4.78 is 25.9. The molecule has 0 spiro atoms. The van der Waals surface area contributed by atoms with Crippen molar-refractivity contribution < 1.29 is 13.3 Å². The fourth-order valence-corrected chi connectivity index (χ4v) is 2.68. The van der Waals surface area contributed by atoms with Crippen molar-refractivity contribution in [1.82, 2.24) is 4.72 Å². The molecule has 0 saturated carbocycles. The molecule has 0 radical (unpaired) electrons. The second-order valence-electron chi connectivity index (χ2n) is 3.44. The van der Waals surface area contributed by atoms with Crippen LogP contribution in [0.1, 0.15) is 13.3 Å². The first kappa shape index (κ1) is 14.1. The molecule has 1 rings (SSSR count). The van der Waals surface area contributed by atoms with E-state index >= 15 is 0 Å². The number of hydrogen-bond acceptors (Lipinski definition) is 5. The van der Waals surface area contributed by atoms with Crippen molar-refractivity contribution >= 4 is 15.7 Å². The van der Waals surface area contributed by atoms with Crippen LogP contribution in [-0.2, 0) is 10.0 Å². The summed E-state index contributed by atoms with van der Waals surface area (Å²) in [5.41, 5.74) is -0.516. The Morgan fingerprint density at radius 3 is 2.61 bits per heavy atom. The summed E-state index contributed by atoms with van der Waals surface area (Å²) in [6.07, 6.45) is 0.274. The molecule has 1 unspecified atom stereocenters. The summed E-state index contributed by atoms with van der Waals surface area (Å²) in [6.45, 7) is 1.63. The molecule has 1 aromatic rings. The van der Waals surface area contributed by atoms with Crippen molar-refractivity contribution in [3.8, 4) is 6.07 Å². The zero-order valence-corrected chi connectivity index (χ0v) is 10.3. The van der Waals surface area contributed by atoms with E-state index in [0.29, 0.717) is 0 Å². The topological polar surface area (TPSA) is 113 Å². The molecule has 0 amide bonds. The third-order valence-corrected chi connectivity index (χ3v) is 3.73. The summed E-state index contributed by atoms with van der Waals surface area (Å²) in [4.78, 5) is 9.52. The third-order valence-electron chi connectivity index (χ3n) is 2.21. The van der Waals surface area contributed by atoms with E-state index < -0.39 is 31.6 Å². The van der Waals surface area contributed by atoms with Crippen molar-refractivity contribution in [2.75, 3.05) is 0 Å². The van der Waals surface area contributed by atoms with E-state index in [1.165, 1.54) is 12.1 Å². The van der Waals surface area contributed by atoms with Gasteiger partial charge in [0.1, 0.15) is 6.04 Å². The Bertz CT molecular complexity index is 591. The molecule has 8 heteroatoms. The summed E-state index contributed by atoms with van der Waals surface area (Å²) in [5.74, 6) is 0. The SMILES string of the molecule is CCC(C#N)NS(=O)(=O)c1ccccc1[N+](=O)[O-]. The lowest BCUT2D eigenvalue weighted by atomic mass is 10.3. The van der Waals surface area contributed by atoms with Crippen molar-refractivity contribution in [2.24, 2.45) is 0 Å². The van der Waals surface area contributed by atoms with Gasteiger partial charge in [0.25, 0.3) is 5.69 Å². The van der Waals surface area contributed by atoms with E-state index in [2.05, 4.69) is 4.72 Å². The summed E-state index contributed by atoms with van der Waals surface area (Å²) >= 11 is 0. The highest BCUT2D eigenvalue weighted by Gasteiger charge is 2.26. The smallest absolute Gasteiger partial charge is 0.258 e. The molecule has 7 nitrogen and oxygen atoms in total. The second-order valence-corrected chi connectivity index (χ2v) is 5.12. The molecule has 0 fully saturated rings. The van der Waals surface area contributed by atoms with Crippen LogP contribution in [0.15, 0.2) is 29.2 Å². The van der Waals surface area contributed by atoms with Crippen LogP contribution in [0.2, 0.25) is 0 Å². The van der Waals surface area contributed by atoms with Crippen LogP contribution in [0.5, 0.6) is 0 Å². The number of nitro benzene ring substituents is 1. The van der Waals surface area contributed by atoms with Crippen molar-refractivity contribution in [2.45, 2.75) is 24.3 Å². The van der Waals surface area contributed by atoms with Crippen molar-refractivity contribution in [3.63, 3.8) is 0 Å². The largest absolute Gasteiger partial charge is 0.289 e. The van der Waals surface area contributed by atoms with Crippen LogP contribution in [0.4, 0.5) is 5.69 Å². The Morgan fingerprint density at radius 1 is 1.50 bits per heavy atom. The van der Waals surface area contributed by atoms with Crippen LogP contribution >= 0.6 is 0 Å². The molecule has 0 aliphatic rings. The van der Waals surface area contributed by atoms with Crippen LogP contribution < -0.4 is 4.72 Å². The van der Waals surface area contributed by atoms with E-state index in [-0.39, 0.29) is 6.42 Å². The zero-order chi connectivity index (χ0) is 13.8. The van der Waals surface area contributed by atoms with Gasteiger partial charge in [-0.3, -0.25) is 10.1 Å². The molecule has 0 bridgehead atoms. The van der Waals surface area contributed by atoms with E-state index in [4.69, 9.17) is 5.26 Å². The van der Waals surface area contributed by atoms with Crippen LogP contribution in [-0.4, -0.2) is 19.4 Å². The molecule has 0 saturated heterocycles. The molecule has 96 valence electrons. The highest BCUT2D eigenvalue weighted by molar-refractivity contribution is 7.89. The highest BCUT2D eigenvalue weighted by atomic mass is 32.2. The molecule has 18 heavy (non-hydrogen) atoms. The van der Waals surface area contributed by atoms with Gasteiger partial charge in [0, 0.05) is 6.07 Å². The molecule has 0 aliphatic heterocycles. The van der Waals surface area contributed by atoms with Crippen molar-refractivity contribution in [1.29, 1.82) is 5.26 Å². The van der Waals surface area contributed by atoms with Gasteiger partial charge in [-0.2, -0.15) is 9.98 Å². The number of sulfonamides is 1. The maximum atomic E-state index is 11.9. The minimum absolute atomic E-state index is 0.274. The zero-order valence-electron chi connectivity index (χ0n) is 9.53. The lowest BCUT2D eigenvalue weighted by Crippen LogP contribution is -2.33. The molecule has 1 N–H and O–H groups in total. The number of nitrogens with one attached hydrogen (secondary N) is 1. The first-order valence-electron chi connectivity index (χ1n) is 5.07. The number of nitro groups is 1. The second kappa shape index (κ2) is 5.57. The van der Waals surface area contributed by atoms with Gasteiger partial charge >= 0.3 is 0 Å². The van der Waals surface area contributed by atoms with Gasteiger partial charge < -0.3 is 0 Å². The van der Waals surface area contributed by atoms with Crippen molar-refractivity contribution in [3.05, 3.63) is 34.4 Å². The predicted octanol–water partition coefficient (Wildman–Crippen LogP) is 1.18. The summed E-state index contributed by atoms with van der Waals surface area (Å²) in [6, 6.07) is 5.84. The molecule has 0 aliphatic carbocycles. The van der Waals surface area contributed by atoms with Crippen LogP contribution in [0.25, 0.3) is 0 Å². The van der Waals surface area contributed by atoms with Gasteiger partial charge in [0.05, 0.1) is 11.0 Å². The Labute approximate surface area is 104 Å². The number of para-hydroxylation sites is 1. The standard InChI is InChI=1S/C10H11N3O4S/c1-2-8(7-11)12-18(16,17)10-6-4-3-5-9(10)13(14)15/h3-6,8,12H,2H2,1H3. The maximum Gasteiger partial charge on any atom is 0.289 e. The predicted molar refractivity (Wildman–Crippen MR) is 63.1 cm³/mol. The Hall–Kier alpha value is -1.98. The summed E-state index contributed by atoms with van der Waals surface area (Å²) in [5, 5.41) is 19.4. The minimum Gasteiger partial charge on any atom is -0.258 e. The number of nitrogens with zero attached hydrogens (tertiary/aromatic N) is 2. The fraction of sp³-hybridized carbons (Fsp3) is 0.300. The molecule has 0 aromatic heterocycles. The molecule has 1 aromatic carbocycles. The average molecular weight is 269 g/mol. The minimum atomic E-state index is -4.07. The molecule has 1 atom stereocenters. The van der Waals surface area contributed by atoms with E-state index in [1.807, 2.05) is 0 Å². The maximum absolute atomic E-state index is 11.9. The monoisotopic (exact) mass is 269 g/mol. The van der Waals surface area contributed by atoms with E-state index in [0.717, 1.165) is 12.1 Å². The number of benzene rings is 1. The number of hydrogen-bond donors (Lipinski definition) is 1. The quantitative estimate of drug-likeness (QED) is 0.636.